The fourth-order valence-corrected chi connectivity index (χ4v) is 1.33. The molecule has 0 radical (unpaired) electrons. The number of nitrogens with zero attached hydrogens (tertiary/aromatic N) is 1. The zero-order chi connectivity index (χ0) is 12.7. The van der Waals surface area contributed by atoms with E-state index in [-0.39, 0.29) is 11.9 Å². The molecule has 0 spiro atoms. The third-order valence-corrected chi connectivity index (χ3v) is 2.04. The number of nitrogens with one attached hydrogen (secondary N) is 3. The second-order valence-corrected chi connectivity index (χ2v) is 3.97. The minimum Gasteiger partial charge on any atom is -0.384 e. The number of carbonyl (C=O) groups is 1. The van der Waals surface area contributed by atoms with Crippen LogP contribution in [-0.4, -0.2) is 23.5 Å². The summed E-state index contributed by atoms with van der Waals surface area (Å²) in [6.07, 6.45) is 2.08. The molecule has 1 amide bonds. The summed E-state index contributed by atoms with van der Waals surface area (Å²) in [7, 11) is 0. The van der Waals surface area contributed by atoms with Crippen LogP contribution in [0.15, 0.2) is 18.3 Å². The van der Waals surface area contributed by atoms with Crippen LogP contribution in [0.25, 0.3) is 0 Å². The number of hydrogen-bond acceptors (Lipinski definition) is 5. The van der Waals surface area contributed by atoms with Gasteiger partial charge in [-0.15, -0.1) is 0 Å². The fourth-order valence-electron chi connectivity index (χ4n) is 1.33. The maximum atomic E-state index is 11.4. The maximum Gasteiger partial charge on any atom is 0.221 e. The van der Waals surface area contributed by atoms with Crippen molar-refractivity contribution in [2.75, 3.05) is 17.3 Å². The third-order valence-electron chi connectivity index (χ3n) is 2.04. The van der Waals surface area contributed by atoms with Gasteiger partial charge in [-0.05, 0) is 19.9 Å². The first-order valence-electron chi connectivity index (χ1n) is 5.57. The minimum atomic E-state index is 0.0405. The number of hydrazine groups is 1. The molecule has 0 saturated carbocycles. The van der Waals surface area contributed by atoms with E-state index >= 15 is 0 Å². The van der Waals surface area contributed by atoms with E-state index in [4.69, 9.17) is 5.84 Å². The molecule has 0 bridgehead atoms. The maximum absolute atomic E-state index is 11.4. The van der Waals surface area contributed by atoms with Gasteiger partial charge in [0, 0.05) is 37.0 Å². The van der Waals surface area contributed by atoms with Gasteiger partial charge in [0.2, 0.25) is 5.91 Å². The van der Waals surface area contributed by atoms with Crippen LogP contribution in [0.4, 0.5) is 11.5 Å². The van der Waals surface area contributed by atoms with Crippen LogP contribution in [0.1, 0.15) is 20.3 Å². The molecule has 0 aliphatic rings. The Morgan fingerprint density at radius 2 is 2.29 bits per heavy atom. The molecule has 0 aliphatic carbocycles. The number of nitrogens with two attached hydrogens (primary N) is 1. The molecule has 6 nitrogen and oxygen atoms in total. The van der Waals surface area contributed by atoms with Gasteiger partial charge in [0.25, 0.3) is 0 Å². The molecule has 1 rings (SSSR count). The zero-order valence-electron chi connectivity index (χ0n) is 10.2. The Hall–Kier alpha value is -1.82. The smallest absolute Gasteiger partial charge is 0.221 e. The number of pyridine rings is 1. The lowest BCUT2D eigenvalue weighted by Crippen LogP contribution is -2.31. The Labute approximate surface area is 101 Å². The molecule has 17 heavy (non-hydrogen) atoms. The van der Waals surface area contributed by atoms with E-state index in [1.165, 1.54) is 0 Å². The Kier molecular flexibility index (Phi) is 5.22. The van der Waals surface area contributed by atoms with E-state index in [2.05, 4.69) is 21.0 Å². The highest BCUT2D eigenvalue weighted by atomic mass is 16.1. The molecule has 1 aromatic heterocycles. The molecular formula is C11H19N5O. The minimum absolute atomic E-state index is 0.0405. The van der Waals surface area contributed by atoms with Crippen LogP contribution in [-0.2, 0) is 4.79 Å². The Morgan fingerprint density at radius 3 is 2.94 bits per heavy atom. The van der Waals surface area contributed by atoms with Gasteiger partial charge in [-0.3, -0.25) is 4.79 Å². The number of anilines is 2. The summed E-state index contributed by atoms with van der Waals surface area (Å²) in [4.78, 5) is 15.4. The second-order valence-electron chi connectivity index (χ2n) is 3.97. The summed E-state index contributed by atoms with van der Waals surface area (Å²) < 4.78 is 0. The highest BCUT2D eigenvalue weighted by Crippen LogP contribution is 2.10. The van der Waals surface area contributed by atoms with Gasteiger partial charge in [-0.2, -0.15) is 0 Å². The van der Waals surface area contributed by atoms with Gasteiger partial charge in [0.15, 0.2) is 0 Å². The van der Waals surface area contributed by atoms with Gasteiger partial charge >= 0.3 is 0 Å². The lowest BCUT2D eigenvalue weighted by molar-refractivity contribution is -0.121. The van der Waals surface area contributed by atoms with Crippen LogP contribution < -0.4 is 21.9 Å². The fraction of sp³-hybridized carbons (Fsp3) is 0.455. The molecule has 94 valence electrons. The van der Waals surface area contributed by atoms with Crippen molar-refractivity contribution >= 4 is 17.4 Å². The molecule has 5 N–H and O–H groups in total. The van der Waals surface area contributed by atoms with Crippen molar-refractivity contribution in [3.05, 3.63) is 18.3 Å². The van der Waals surface area contributed by atoms with Crippen molar-refractivity contribution in [2.24, 2.45) is 5.84 Å². The molecule has 0 aliphatic heterocycles. The number of hydrogen-bond donors (Lipinski definition) is 4. The monoisotopic (exact) mass is 237 g/mol. The molecule has 0 atom stereocenters. The summed E-state index contributed by atoms with van der Waals surface area (Å²) in [5, 5.41) is 5.96. The molecule has 6 heteroatoms. The average molecular weight is 237 g/mol. The van der Waals surface area contributed by atoms with Gasteiger partial charge in [-0.25, -0.2) is 10.8 Å². The summed E-state index contributed by atoms with van der Waals surface area (Å²) in [5.74, 6) is 5.87. The molecule has 0 aromatic carbocycles. The quantitative estimate of drug-likeness (QED) is 0.431. The number of aromatic nitrogens is 1. The number of nitrogen functional groups attached to an aromatic ring is 1. The van der Waals surface area contributed by atoms with Gasteiger partial charge in [0.1, 0.15) is 5.82 Å². The SMILES string of the molecule is CC(C)NC(=O)CCNc1ccnc(NN)c1. The molecule has 1 heterocycles. The third kappa shape index (κ3) is 5.17. The average Bonchev–Trinajstić information content (AvgIpc) is 2.28. The summed E-state index contributed by atoms with van der Waals surface area (Å²) >= 11 is 0. The highest BCUT2D eigenvalue weighted by Gasteiger charge is 2.02. The van der Waals surface area contributed by atoms with Crippen LogP contribution in [0.3, 0.4) is 0 Å². The molecule has 0 fully saturated rings. The van der Waals surface area contributed by atoms with Crippen molar-refractivity contribution in [1.29, 1.82) is 0 Å². The van der Waals surface area contributed by atoms with Crippen molar-refractivity contribution < 1.29 is 4.79 Å². The number of carbonyl (C=O) groups excluding carboxylic acids is 1. The van der Waals surface area contributed by atoms with E-state index in [1.807, 2.05) is 19.9 Å². The van der Waals surface area contributed by atoms with Gasteiger partial charge < -0.3 is 16.1 Å². The highest BCUT2D eigenvalue weighted by molar-refractivity contribution is 5.76. The summed E-state index contributed by atoms with van der Waals surface area (Å²) in [6.45, 7) is 4.45. The van der Waals surface area contributed by atoms with Gasteiger partial charge in [0.05, 0.1) is 0 Å². The van der Waals surface area contributed by atoms with Crippen LogP contribution in [0.5, 0.6) is 0 Å². The van der Waals surface area contributed by atoms with E-state index < -0.39 is 0 Å². The van der Waals surface area contributed by atoms with Crippen molar-refractivity contribution in [3.63, 3.8) is 0 Å². The van der Waals surface area contributed by atoms with E-state index in [0.717, 1.165) is 5.69 Å². The zero-order valence-corrected chi connectivity index (χ0v) is 10.2. The lowest BCUT2D eigenvalue weighted by Gasteiger charge is -2.10. The normalized spacial score (nSPS) is 10.1. The standard InChI is InChI=1S/C11H19N5O/c1-8(2)15-11(17)4-6-13-9-3-5-14-10(7-9)16-12/h3,5,7-8H,4,6,12H2,1-2H3,(H,15,17)(H2,13,14,16). The van der Waals surface area contributed by atoms with E-state index in [0.29, 0.717) is 18.8 Å². The number of rotatable bonds is 6. The first kappa shape index (κ1) is 13.2. The summed E-state index contributed by atoms with van der Waals surface area (Å²) in [6, 6.07) is 3.78. The molecule has 1 aromatic rings. The molecule has 0 unspecified atom stereocenters. The Bertz CT molecular complexity index is 367. The molecule has 0 saturated heterocycles. The van der Waals surface area contributed by atoms with E-state index in [9.17, 15) is 4.79 Å². The first-order valence-corrected chi connectivity index (χ1v) is 5.57. The first-order chi connectivity index (χ1) is 8.11. The summed E-state index contributed by atoms with van der Waals surface area (Å²) in [5.41, 5.74) is 3.34. The Morgan fingerprint density at radius 1 is 1.53 bits per heavy atom. The second kappa shape index (κ2) is 6.70. The van der Waals surface area contributed by atoms with Crippen LogP contribution in [0, 0.1) is 0 Å². The predicted molar refractivity (Wildman–Crippen MR) is 68.4 cm³/mol. The van der Waals surface area contributed by atoms with E-state index in [1.54, 1.807) is 12.3 Å². The predicted octanol–water partition coefficient (Wildman–Crippen LogP) is 0.694. The van der Waals surface area contributed by atoms with Crippen LogP contribution in [0.2, 0.25) is 0 Å². The Balaban J connectivity index is 2.32. The van der Waals surface area contributed by atoms with Crippen molar-refractivity contribution in [1.82, 2.24) is 10.3 Å². The lowest BCUT2D eigenvalue weighted by atomic mass is 10.3. The van der Waals surface area contributed by atoms with Gasteiger partial charge in [-0.1, -0.05) is 0 Å². The van der Waals surface area contributed by atoms with Crippen LogP contribution >= 0.6 is 0 Å². The number of amides is 1. The van der Waals surface area contributed by atoms with Crippen molar-refractivity contribution in [2.45, 2.75) is 26.3 Å². The molecular weight excluding hydrogens is 218 g/mol. The topological polar surface area (TPSA) is 92.1 Å². The van der Waals surface area contributed by atoms with Crippen molar-refractivity contribution in [3.8, 4) is 0 Å². The largest absolute Gasteiger partial charge is 0.384 e.